The molecule has 15 heavy (non-hydrogen) atoms. The van der Waals surface area contributed by atoms with Crippen molar-refractivity contribution in [1.82, 2.24) is 15.3 Å². The molecule has 2 rings (SSSR count). The van der Waals surface area contributed by atoms with Crippen molar-refractivity contribution in [3.05, 3.63) is 17.2 Å². The van der Waals surface area contributed by atoms with Crippen LogP contribution in [0.5, 0.6) is 0 Å². The van der Waals surface area contributed by atoms with Gasteiger partial charge in [0, 0.05) is 18.0 Å². The molecule has 0 radical (unpaired) electrons. The third kappa shape index (κ3) is 2.38. The number of aryl methyl sites for hydroxylation is 1. The van der Waals surface area contributed by atoms with Gasteiger partial charge in [0.2, 0.25) is 0 Å². The number of H-pyrrole nitrogens is 1. The Bertz CT molecular complexity index is 312. The fourth-order valence-electron chi connectivity index (χ4n) is 2.19. The average molecular weight is 208 g/mol. The number of nitrogens with two attached hydrogens (primary N) is 1. The summed E-state index contributed by atoms with van der Waals surface area (Å²) in [5.74, 6) is 1.77. The molecule has 0 aromatic carbocycles. The molecular weight excluding hydrogens is 188 g/mol. The molecule has 4 nitrogen and oxygen atoms in total. The van der Waals surface area contributed by atoms with Crippen LogP contribution < -0.4 is 11.1 Å². The van der Waals surface area contributed by atoms with E-state index in [4.69, 9.17) is 5.73 Å². The Morgan fingerprint density at radius 1 is 1.40 bits per heavy atom. The highest BCUT2D eigenvalue weighted by molar-refractivity contribution is 5.16. The smallest absolute Gasteiger partial charge is 0.109 e. The van der Waals surface area contributed by atoms with Crippen molar-refractivity contribution in [2.24, 2.45) is 5.73 Å². The van der Waals surface area contributed by atoms with Crippen molar-refractivity contribution in [3.63, 3.8) is 0 Å². The predicted octanol–water partition coefficient (Wildman–Crippen LogP) is 0.686. The minimum atomic E-state index is 0.608. The minimum absolute atomic E-state index is 0.608. The SMILES string of the molecule is Cc1[nH]c(C2CCNCC2)nc1CCN. The van der Waals surface area contributed by atoms with Gasteiger partial charge in [-0.15, -0.1) is 0 Å². The molecule has 1 aromatic rings. The zero-order chi connectivity index (χ0) is 10.7. The lowest BCUT2D eigenvalue weighted by Gasteiger charge is -2.20. The molecule has 2 heterocycles. The molecule has 0 spiro atoms. The summed E-state index contributed by atoms with van der Waals surface area (Å²) in [6, 6.07) is 0. The number of nitrogens with zero attached hydrogens (tertiary/aromatic N) is 1. The van der Waals surface area contributed by atoms with Crippen molar-refractivity contribution in [2.45, 2.75) is 32.1 Å². The molecule has 0 atom stereocenters. The van der Waals surface area contributed by atoms with Gasteiger partial charge in [-0.25, -0.2) is 4.98 Å². The summed E-state index contributed by atoms with van der Waals surface area (Å²) in [6.45, 7) is 4.98. The van der Waals surface area contributed by atoms with Gasteiger partial charge in [0.15, 0.2) is 0 Å². The molecule has 0 saturated carbocycles. The number of imidazole rings is 1. The van der Waals surface area contributed by atoms with Gasteiger partial charge >= 0.3 is 0 Å². The van der Waals surface area contributed by atoms with Gasteiger partial charge in [-0.2, -0.15) is 0 Å². The van der Waals surface area contributed by atoms with Crippen molar-refractivity contribution >= 4 is 0 Å². The molecule has 0 amide bonds. The van der Waals surface area contributed by atoms with Crippen LogP contribution in [0.1, 0.15) is 36.0 Å². The van der Waals surface area contributed by atoms with Crippen LogP contribution in [0.2, 0.25) is 0 Å². The van der Waals surface area contributed by atoms with Crippen LogP contribution >= 0.6 is 0 Å². The van der Waals surface area contributed by atoms with E-state index in [0.717, 1.165) is 31.0 Å². The lowest BCUT2D eigenvalue weighted by atomic mass is 9.98. The monoisotopic (exact) mass is 208 g/mol. The van der Waals surface area contributed by atoms with E-state index in [-0.39, 0.29) is 0 Å². The molecule has 1 aliphatic rings. The second-order valence-electron chi connectivity index (χ2n) is 4.26. The highest BCUT2D eigenvalue weighted by Gasteiger charge is 2.19. The van der Waals surface area contributed by atoms with E-state index < -0.39 is 0 Å². The van der Waals surface area contributed by atoms with E-state index in [1.807, 2.05) is 0 Å². The summed E-state index contributed by atoms with van der Waals surface area (Å²) >= 11 is 0. The van der Waals surface area contributed by atoms with Gasteiger partial charge in [-0.3, -0.25) is 0 Å². The van der Waals surface area contributed by atoms with Crippen molar-refractivity contribution in [2.75, 3.05) is 19.6 Å². The highest BCUT2D eigenvalue weighted by atomic mass is 15.0. The van der Waals surface area contributed by atoms with E-state index in [2.05, 4.69) is 22.2 Å². The number of rotatable bonds is 3. The molecule has 84 valence electrons. The van der Waals surface area contributed by atoms with Gasteiger partial charge in [0.25, 0.3) is 0 Å². The summed E-state index contributed by atoms with van der Waals surface area (Å²) in [5, 5.41) is 3.37. The Morgan fingerprint density at radius 3 is 2.80 bits per heavy atom. The number of piperidine rings is 1. The van der Waals surface area contributed by atoms with Crippen LogP contribution in [0.15, 0.2) is 0 Å². The number of hydrogen-bond acceptors (Lipinski definition) is 3. The summed E-state index contributed by atoms with van der Waals surface area (Å²) in [4.78, 5) is 8.06. The molecule has 1 fully saturated rings. The Kier molecular flexibility index (Phi) is 3.38. The van der Waals surface area contributed by atoms with Crippen LogP contribution in [0.25, 0.3) is 0 Å². The fraction of sp³-hybridized carbons (Fsp3) is 0.727. The average Bonchev–Trinajstić information content (AvgIpc) is 2.63. The van der Waals surface area contributed by atoms with E-state index in [9.17, 15) is 0 Å². The number of nitrogens with one attached hydrogen (secondary N) is 2. The first-order valence-electron chi connectivity index (χ1n) is 5.77. The Balaban J connectivity index is 2.10. The summed E-state index contributed by atoms with van der Waals surface area (Å²) in [6.07, 6.45) is 3.26. The van der Waals surface area contributed by atoms with Crippen LogP contribution in [0, 0.1) is 6.92 Å². The second-order valence-corrected chi connectivity index (χ2v) is 4.26. The van der Waals surface area contributed by atoms with E-state index in [1.165, 1.54) is 18.5 Å². The van der Waals surface area contributed by atoms with Gasteiger partial charge in [0.05, 0.1) is 5.69 Å². The molecule has 1 aliphatic heterocycles. The van der Waals surface area contributed by atoms with Gasteiger partial charge in [0.1, 0.15) is 5.82 Å². The summed E-state index contributed by atoms with van der Waals surface area (Å²) in [7, 11) is 0. The molecule has 4 N–H and O–H groups in total. The van der Waals surface area contributed by atoms with Crippen LogP contribution in [0.4, 0.5) is 0 Å². The number of aromatic amines is 1. The van der Waals surface area contributed by atoms with Gasteiger partial charge in [-0.1, -0.05) is 0 Å². The standard InChI is InChI=1S/C11H20N4/c1-8-10(2-5-12)15-11(14-8)9-3-6-13-7-4-9/h9,13H,2-7,12H2,1H3,(H,14,15). The van der Waals surface area contributed by atoms with Crippen molar-refractivity contribution < 1.29 is 0 Å². The predicted molar refractivity (Wildman–Crippen MR) is 60.9 cm³/mol. The Hall–Kier alpha value is -0.870. The van der Waals surface area contributed by atoms with Gasteiger partial charge < -0.3 is 16.0 Å². The number of hydrogen-bond donors (Lipinski definition) is 3. The van der Waals surface area contributed by atoms with Crippen LogP contribution in [-0.4, -0.2) is 29.6 Å². The lowest BCUT2D eigenvalue weighted by molar-refractivity contribution is 0.446. The quantitative estimate of drug-likeness (QED) is 0.684. The Morgan fingerprint density at radius 2 is 2.13 bits per heavy atom. The zero-order valence-electron chi connectivity index (χ0n) is 9.34. The zero-order valence-corrected chi connectivity index (χ0v) is 9.34. The Labute approximate surface area is 90.7 Å². The summed E-state index contributed by atoms with van der Waals surface area (Å²) in [5.41, 5.74) is 7.89. The molecule has 0 unspecified atom stereocenters. The van der Waals surface area contributed by atoms with E-state index in [0.29, 0.717) is 12.5 Å². The minimum Gasteiger partial charge on any atom is -0.346 e. The van der Waals surface area contributed by atoms with E-state index in [1.54, 1.807) is 0 Å². The maximum atomic E-state index is 5.55. The largest absolute Gasteiger partial charge is 0.346 e. The highest BCUT2D eigenvalue weighted by Crippen LogP contribution is 2.23. The molecular formula is C11H20N4. The first-order valence-corrected chi connectivity index (χ1v) is 5.77. The van der Waals surface area contributed by atoms with Crippen molar-refractivity contribution in [1.29, 1.82) is 0 Å². The normalized spacial score (nSPS) is 18.3. The van der Waals surface area contributed by atoms with Crippen LogP contribution in [-0.2, 0) is 6.42 Å². The maximum absolute atomic E-state index is 5.55. The van der Waals surface area contributed by atoms with Crippen LogP contribution in [0.3, 0.4) is 0 Å². The first kappa shape index (κ1) is 10.6. The van der Waals surface area contributed by atoms with Gasteiger partial charge in [-0.05, 0) is 39.4 Å². The topological polar surface area (TPSA) is 66.7 Å². The second kappa shape index (κ2) is 4.77. The molecule has 0 bridgehead atoms. The maximum Gasteiger partial charge on any atom is 0.109 e. The summed E-state index contributed by atoms with van der Waals surface area (Å²) < 4.78 is 0. The third-order valence-electron chi connectivity index (χ3n) is 3.11. The fourth-order valence-corrected chi connectivity index (χ4v) is 2.19. The van der Waals surface area contributed by atoms with E-state index >= 15 is 0 Å². The third-order valence-corrected chi connectivity index (χ3v) is 3.11. The molecule has 4 heteroatoms. The lowest BCUT2D eigenvalue weighted by Crippen LogP contribution is -2.27. The van der Waals surface area contributed by atoms with Crippen molar-refractivity contribution in [3.8, 4) is 0 Å². The molecule has 1 aromatic heterocycles. The molecule has 1 saturated heterocycles. The number of aromatic nitrogens is 2. The molecule has 0 aliphatic carbocycles. The first-order chi connectivity index (χ1) is 7.31.